The molecule has 0 fully saturated rings. The Morgan fingerprint density at radius 1 is 1.29 bits per heavy atom. The first-order valence-corrected chi connectivity index (χ1v) is 7.97. The maximum atomic E-state index is 12.3. The highest BCUT2D eigenvalue weighted by Crippen LogP contribution is 2.19. The van der Waals surface area contributed by atoms with Crippen molar-refractivity contribution in [1.82, 2.24) is 15.6 Å². The molecule has 136 valence electrons. The normalized spacial score (nSPS) is 12.4. The summed E-state index contributed by atoms with van der Waals surface area (Å²) in [5.74, 6) is 1.11. The second-order valence-electron chi connectivity index (χ2n) is 5.36. The van der Waals surface area contributed by atoms with Crippen molar-refractivity contribution in [2.45, 2.75) is 39.4 Å². The third kappa shape index (κ3) is 7.52. The maximum absolute atomic E-state index is 12.3. The maximum Gasteiger partial charge on any atom is 0.422 e. The van der Waals surface area contributed by atoms with E-state index in [4.69, 9.17) is 4.74 Å². The number of aliphatic imine (C=N–C) groups is 1. The van der Waals surface area contributed by atoms with Crippen molar-refractivity contribution in [3.8, 4) is 5.88 Å². The summed E-state index contributed by atoms with van der Waals surface area (Å²) in [4.78, 5) is 7.98. The van der Waals surface area contributed by atoms with Crippen LogP contribution in [0.3, 0.4) is 0 Å². The zero-order chi connectivity index (χ0) is 18.0. The van der Waals surface area contributed by atoms with E-state index in [2.05, 4.69) is 34.5 Å². The van der Waals surface area contributed by atoms with Crippen LogP contribution in [0.2, 0.25) is 0 Å². The third-order valence-corrected chi connectivity index (χ3v) is 3.61. The van der Waals surface area contributed by atoms with Crippen LogP contribution in [0.15, 0.2) is 23.3 Å². The van der Waals surface area contributed by atoms with Crippen LogP contribution in [0.5, 0.6) is 5.88 Å². The van der Waals surface area contributed by atoms with E-state index >= 15 is 0 Å². The van der Waals surface area contributed by atoms with E-state index in [0.29, 0.717) is 17.4 Å². The number of halogens is 3. The number of hydrogen-bond donors (Lipinski definition) is 2. The number of nitrogens with one attached hydrogen (secondary N) is 2. The number of nitrogens with zero attached hydrogens (tertiary/aromatic N) is 2. The molecule has 0 radical (unpaired) electrons. The first kappa shape index (κ1) is 20.1. The fourth-order valence-electron chi connectivity index (χ4n) is 2.06. The molecule has 0 aliphatic rings. The number of rotatable bonds is 8. The smallest absolute Gasteiger partial charge is 0.422 e. The van der Waals surface area contributed by atoms with E-state index in [0.717, 1.165) is 19.4 Å². The van der Waals surface area contributed by atoms with Gasteiger partial charge in [-0.1, -0.05) is 32.8 Å². The molecule has 0 unspecified atom stereocenters. The zero-order valence-electron chi connectivity index (χ0n) is 14.3. The minimum atomic E-state index is -4.39. The minimum absolute atomic E-state index is 0.0298. The zero-order valence-corrected chi connectivity index (χ0v) is 14.3. The summed E-state index contributed by atoms with van der Waals surface area (Å²) in [5.41, 5.74) is 0.534. The van der Waals surface area contributed by atoms with E-state index < -0.39 is 12.8 Å². The number of aromatic nitrogens is 1. The van der Waals surface area contributed by atoms with Crippen LogP contribution in [0.4, 0.5) is 13.2 Å². The largest absolute Gasteiger partial charge is 0.468 e. The van der Waals surface area contributed by atoms with Crippen molar-refractivity contribution in [3.63, 3.8) is 0 Å². The summed E-state index contributed by atoms with van der Waals surface area (Å²) in [6.45, 7) is 3.96. The molecule has 1 aromatic heterocycles. The quantitative estimate of drug-likeness (QED) is 0.561. The molecular weight excluding hydrogens is 321 g/mol. The van der Waals surface area contributed by atoms with Crippen LogP contribution in [-0.4, -0.2) is 37.3 Å². The molecular formula is C16H25F3N4O. The highest BCUT2D eigenvalue weighted by Gasteiger charge is 2.29. The Balaban J connectivity index is 2.59. The predicted octanol–water partition coefficient (Wildman–Crippen LogP) is 3.12. The second kappa shape index (κ2) is 10.00. The minimum Gasteiger partial charge on any atom is -0.468 e. The monoisotopic (exact) mass is 346 g/mol. The first-order chi connectivity index (χ1) is 11.4. The van der Waals surface area contributed by atoms with Gasteiger partial charge in [0.25, 0.3) is 0 Å². The van der Waals surface area contributed by atoms with Crippen molar-refractivity contribution < 1.29 is 17.9 Å². The summed E-state index contributed by atoms with van der Waals surface area (Å²) in [5, 5.41) is 6.28. The summed E-state index contributed by atoms with van der Waals surface area (Å²) >= 11 is 0. The standard InChI is InChI=1S/C16H25F3N4O/c1-4-12(5-2)9-22-15(20-3)23-10-13-7-6-8-21-14(13)24-11-16(17,18)19/h6-8,12H,4-5,9-11H2,1-3H3,(H2,20,22,23). The molecule has 0 aliphatic heterocycles. The first-order valence-electron chi connectivity index (χ1n) is 7.97. The summed E-state index contributed by atoms with van der Waals surface area (Å²) in [6, 6.07) is 3.32. The van der Waals surface area contributed by atoms with Gasteiger partial charge in [-0.3, -0.25) is 4.99 Å². The highest BCUT2D eigenvalue weighted by atomic mass is 19.4. The Labute approximate surface area is 140 Å². The van der Waals surface area contributed by atoms with Gasteiger partial charge in [0.15, 0.2) is 12.6 Å². The molecule has 1 aromatic rings. The molecule has 0 atom stereocenters. The number of ether oxygens (including phenoxy) is 1. The number of hydrogen-bond acceptors (Lipinski definition) is 3. The van der Waals surface area contributed by atoms with E-state index in [-0.39, 0.29) is 12.4 Å². The molecule has 0 bridgehead atoms. The van der Waals surface area contributed by atoms with Crippen molar-refractivity contribution in [2.75, 3.05) is 20.2 Å². The average Bonchev–Trinajstić information content (AvgIpc) is 2.56. The van der Waals surface area contributed by atoms with E-state index in [9.17, 15) is 13.2 Å². The van der Waals surface area contributed by atoms with Crippen molar-refractivity contribution in [2.24, 2.45) is 10.9 Å². The van der Waals surface area contributed by atoms with Crippen LogP contribution in [-0.2, 0) is 6.54 Å². The van der Waals surface area contributed by atoms with Crippen molar-refractivity contribution in [1.29, 1.82) is 0 Å². The number of pyridine rings is 1. The Morgan fingerprint density at radius 2 is 2.00 bits per heavy atom. The van der Waals surface area contributed by atoms with Gasteiger partial charge in [0.2, 0.25) is 5.88 Å². The highest BCUT2D eigenvalue weighted by molar-refractivity contribution is 5.79. The lowest BCUT2D eigenvalue weighted by Crippen LogP contribution is -2.39. The van der Waals surface area contributed by atoms with Gasteiger partial charge >= 0.3 is 6.18 Å². The van der Waals surface area contributed by atoms with E-state index in [1.54, 1.807) is 19.2 Å². The molecule has 0 saturated heterocycles. The molecule has 1 rings (SSSR count). The van der Waals surface area contributed by atoms with Crippen LogP contribution in [0.1, 0.15) is 32.3 Å². The SMILES string of the molecule is CCC(CC)CNC(=NC)NCc1cccnc1OCC(F)(F)F. The molecule has 0 saturated carbocycles. The van der Waals surface area contributed by atoms with Crippen molar-refractivity contribution in [3.05, 3.63) is 23.9 Å². The van der Waals surface area contributed by atoms with Gasteiger partial charge < -0.3 is 15.4 Å². The van der Waals surface area contributed by atoms with Crippen LogP contribution >= 0.6 is 0 Å². The van der Waals surface area contributed by atoms with Crippen molar-refractivity contribution >= 4 is 5.96 Å². The lowest BCUT2D eigenvalue weighted by molar-refractivity contribution is -0.154. The molecule has 0 amide bonds. The molecule has 0 aliphatic carbocycles. The Hall–Kier alpha value is -1.99. The van der Waals surface area contributed by atoms with Gasteiger partial charge in [-0.25, -0.2) is 4.98 Å². The third-order valence-electron chi connectivity index (χ3n) is 3.61. The molecule has 0 aromatic carbocycles. The molecule has 5 nitrogen and oxygen atoms in total. The predicted molar refractivity (Wildman–Crippen MR) is 88.1 cm³/mol. The Kier molecular flexibility index (Phi) is 8.35. The topological polar surface area (TPSA) is 58.5 Å². The van der Waals surface area contributed by atoms with Gasteiger partial charge in [-0.05, 0) is 12.0 Å². The van der Waals surface area contributed by atoms with Gasteiger partial charge in [0.1, 0.15) is 0 Å². The lowest BCUT2D eigenvalue weighted by Gasteiger charge is -2.17. The van der Waals surface area contributed by atoms with Crippen LogP contribution < -0.4 is 15.4 Å². The second-order valence-corrected chi connectivity index (χ2v) is 5.36. The van der Waals surface area contributed by atoms with Gasteiger partial charge in [-0.2, -0.15) is 13.2 Å². The summed E-state index contributed by atoms with van der Waals surface area (Å²) < 4.78 is 41.6. The molecule has 2 N–H and O–H groups in total. The van der Waals surface area contributed by atoms with Gasteiger partial charge in [0.05, 0.1) is 0 Å². The summed E-state index contributed by atoms with van der Waals surface area (Å²) in [6.07, 6.45) is -0.860. The Bertz CT molecular complexity index is 516. The van der Waals surface area contributed by atoms with Gasteiger partial charge in [-0.15, -0.1) is 0 Å². The van der Waals surface area contributed by atoms with E-state index in [1.807, 2.05) is 0 Å². The van der Waals surface area contributed by atoms with Crippen LogP contribution in [0, 0.1) is 5.92 Å². The molecule has 8 heteroatoms. The molecule has 24 heavy (non-hydrogen) atoms. The average molecular weight is 346 g/mol. The fourth-order valence-corrected chi connectivity index (χ4v) is 2.06. The van der Waals surface area contributed by atoms with E-state index in [1.165, 1.54) is 6.20 Å². The summed E-state index contributed by atoms with van der Waals surface area (Å²) in [7, 11) is 1.65. The van der Waals surface area contributed by atoms with Gasteiger partial charge in [0, 0.05) is 31.9 Å². The molecule has 0 spiro atoms. The lowest BCUT2D eigenvalue weighted by atomic mass is 10.0. The van der Waals surface area contributed by atoms with Crippen LogP contribution in [0.25, 0.3) is 0 Å². The Morgan fingerprint density at radius 3 is 2.58 bits per heavy atom. The number of guanidine groups is 1. The molecule has 1 heterocycles. The number of alkyl halides is 3. The fraction of sp³-hybridized carbons (Fsp3) is 0.625.